The molecule has 1 aromatic rings. The third kappa shape index (κ3) is 2.84. The third-order valence-electron chi connectivity index (χ3n) is 4.85. The summed E-state index contributed by atoms with van der Waals surface area (Å²) in [4.78, 5) is 27.8. The SMILES string of the molecule is CC[C@@H]1CCc2sc(C(=O)N3CC[C@H](C(N)=O)C3)cc2C1. The van der Waals surface area contributed by atoms with Gasteiger partial charge in [-0.1, -0.05) is 13.3 Å². The van der Waals surface area contributed by atoms with E-state index in [0.717, 1.165) is 23.6 Å². The zero-order chi connectivity index (χ0) is 15.0. The van der Waals surface area contributed by atoms with E-state index in [1.54, 1.807) is 16.2 Å². The third-order valence-corrected chi connectivity index (χ3v) is 6.08. The predicted octanol–water partition coefficient (Wildman–Crippen LogP) is 2.21. The lowest BCUT2D eigenvalue weighted by molar-refractivity contribution is -0.121. The Labute approximate surface area is 129 Å². The molecule has 0 radical (unpaired) electrons. The van der Waals surface area contributed by atoms with Crippen molar-refractivity contribution in [2.75, 3.05) is 13.1 Å². The van der Waals surface area contributed by atoms with Crippen LogP contribution in [-0.4, -0.2) is 29.8 Å². The highest BCUT2D eigenvalue weighted by Crippen LogP contribution is 2.34. The van der Waals surface area contributed by atoms with Crippen LogP contribution >= 0.6 is 11.3 Å². The summed E-state index contributed by atoms with van der Waals surface area (Å²) in [5.41, 5.74) is 6.70. The van der Waals surface area contributed by atoms with E-state index in [4.69, 9.17) is 5.73 Å². The topological polar surface area (TPSA) is 63.4 Å². The highest BCUT2D eigenvalue weighted by atomic mass is 32.1. The Morgan fingerprint density at radius 3 is 2.90 bits per heavy atom. The molecule has 0 saturated carbocycles. The first-order chi connectivity index (χ1) is 10.1. The molecule has 1 aliphatic heterocycles. The fourth-order valence-electron chi connectivity index (χ4n) is 3.39. The molecule has 21 heavy (non-hydrogen) atoms. The number of amides is 2. The van der Waals surface area contributed by atoms with Crippen LogP contribution in [0.25, 0.3) is 0 Å². The Morgan fingerprint density at radius 2 is 2.24 bits per heavy atom. The van der Waals surface area contributed by atoms with Crippen molar-refractivity contribution in [1.82, 2.24) is 4.90 Å². The van der Waals surface area contributed by atoms with Gasteiger partial charge in [0.15, 0.2) is 0 Å². The molecule has 3 rings (SSSR count). The molecule has 0 bridgehead atoms. The lowest BCUT2D eigenvalue weighted by Crippen LogP contribution is -2.31. The summed E-state index contributed by atoms with van der Waals surface area (Å²) in [5.74, 6) is 0.377. The number of carbonyl (C=O) groups is 2. The number of rotatable bonds is 3. The summed E-state index contributed by atoms with van der Waals surface area (Å²) in [7, 11) is 0. The molecular weight excluding hydrogens is 284 g/mol. The van der Waals surface area contributed by atoms with Gasteiger partial charge in [-0.25, -0.2) is 0 Å². The second-order valence-corrected chi connectivity index (χ2v) is 7.35. The summed E-state index contributed by atoms with van der Waals surface area (Å²) in [6.07, 6.45) is 5.37. The lowest BCUT2D eigenvalue weighted by Gasteiger charge is -2.19. The minimum Gasteiger partial charge on any atom is -0.369 e. The Balaban J connectivity index is 1.72. The second-order valence-electron chi connectivity index (χ2n) is 6.22. The molecule has 114 valence electrons. The maximum Gasteiger partial charge on any atom is 0.263 e. The van der Waals surface area contributed by atoms with Gasteiger partial charge in [0, 0.05) is 18.0 Å². The highest BCUT2D eigenvalue weighted by molar-refractivity contribution is 7.14. The van der Waals surface area contributed by atoms with Crippen molar-refractivity contribution in [1.29, 1.82) is 0 Å². The van der Waals surface area contributed by atoms with Gasteiger partial charge in [0.2, 0.25) is 5.91 Å². The van der Waals surface area contributed by atoms with Crippen LogP contribution in [0.1, 0.15) is 46.3 Å². The minimum absolute atomic E-state index is 0.0752. The van der Waals surface area contributed by atoms with E-state index in [1.807, 2.05) is 0 Å². The highest BCUT2D eigenvalue weighted by Gasteiger charge is 2.31. The number of thiophene rings is 1. The monoisotopic (exact) mass is 306 g/mol. The van der Waals surface area contributed by atoms with E-state index in [1.165, 1.54) is 23.3 Å². The Hall–Kier alpha value is -1.36. The molecule has 4 nitrogen and oxygen atoms in total. The van der Waals surface area contributed by atoms with Crippen LogP contribution in [0, 0.1) is 11.8 Å². The molecule has 5 heteroatoms. The van der Waals surface area contributed by atoms with Crippen molar-refractivity contribution in [2.24, 2.45) is 17.6 Å². The molecule has 2 heterocycles. The van der Waals surface area contributed by atoms with Gasteiger partial charge >= 0.3 is 0 Å². The van der Waals surface area contributed by atoms with E-state index < -0.39 is 0 Å². The second kappa shape index (κ2) is 5.79. The molecule has 1 fully saturated rings. The molecule has 2 atom stereocenters. The summed E-state index contributed by atoms with van der Waals surface area (Å²) >= 11 is 1.65. The van der Waals surface area contributed by atoms with E-state index in [-0.39, 0.29) is 17.7 Å². The smallest absolute Gasteiger partial charge is 0.263 e. The largest absolute Gasteiger partial charge is 0.369 e. The molecule has 2 aliphatic rings. The first-order valence-corrected chi connectivity index (χ1v) is 8.60. The van der Waals surface area contributed by atoms with Gasteiger partial charge in [0.25, 0.3) is 5.91 Å². The maximum absolute atomic E-state index is 12.6. The van der Waals surface area contributed by atoms with E-state index in [2.05, 4.69) is 13.0 Å². The molecule has 1 aliphatic carbocycles. The fourth-order valence-corrected chi connectivity index (χ4v) is 4.56. The number of hydrogen-bond donors (Lipinski definition) is 1. The molecule has 0 aromatic carbocycles. The van der Waals surface area contributed by atoms with Gasteiger partial charge in [-0.2, -0.15) is 0 Å². The fraction of sp³-hybridized carbons (Fsp3) is 0.625. The van der Waals surface area contributed by atoms with Gasteiger partial charge in [-0.3, -0.25) is 9.59 Å². The number of fused-ring (bicyclic) bond motifs is 1. The number of aryl methyl sites for hydroxylation is 1. The van der Waals surface area contributed by atoms with Crippen LogP contribution in [0.3, 0.4) is 0 Å². The summed E-state index contributed by atoms with van der Waals surface area (Å²) in [6, 6.07) is 2.09. The standard InChI is InChI=1S/C16H22N2O2S/c1-2-10-3-4-13-12(7-10)8-14(21-13)16(20)18-6-5-11(9-18)15(17)19/h8,10-11H,2-7,9H2,1H3,(H2,17,19)/t10-,11+/m1/s1. The lowest BCUT2D eigenvalue weighted by atomic mass is 9.87. The predicted molar refractivity (Wildman–Crippen MR) is 83.3 cm³/mol. The molecule has 0 unspecified atom stereocenters. The van der Waals surface area contributed by atoms with Crippen LogP contribution in [0.2, 0.25) is 0 Å². The van der Waals surface area contributed by atoms with Gasteiger partial charge in [0.1, 0.15) is 0 Å². The summed E-state index contributed by atoms with van der Waals surface area (Å²) < 4.78 is 0. The number of nitrogens with two attached hydrogens (primary N) is 1. The number of hydrogen-bond acceptors (Lipinski definition) is 3. The average molecular weight is 306 g/mol. The zero-order valence-corrected chi connectivity index (χ0v) is 13.2. The normalized spacial score (nSPS) is 24.9. The van der Waals surface area contributed by atoms with Crippen molar-refractivity contribution in [3.05, 3.63) is 21.4 Å². The maximum atomic E-state index is 12.6. The molecular formula is C16H22N2O2S. The number of likely N-dealkylation sites (tertiary alicyclic amines) is 1. The van der Waals surface area contributed by atoms with Crippen molar-refractivity contribution < 1.29 is 9.59 Å². The molecule has 2 amide bonds. The quantitative estimate of drug-likeness (QED) is 0.930. The van der Waals surface area contributed by atoms with Crippen molar-refractivity contribution in [3.63, 3.8) is 0 Å². The zero-order valence-electron chi connectivity index (χ0n) is 12.4. The van der Waals surface area contributed by atoms with Crippen LogP contribution in [0.5, 0.6) is 0 Å². The molecule has 1 aromatic heterocycles. The van der Waals surface area contributed by atoms with Crippen molar-refractivity contribution in [3.8, 4) is 0 Å². The molecule has 1 saturated heterocycles. The van der Waals surface area contributed by atoms with Gasteiger partial charge < -0.3 is 10.6 Å². The Bertz CT molecular complexity index is 567. The Morgan fingerprint density at radius 1 is 1.43 bits per heavy atom. The van der Waals surface area contributed by atoms with Crippen LogP contribution < -0.4 is 5.73 Å². The number of nitrogens with zero attached hydrogens (tertiary/aromatic N) is 1. The Kier molecular flexibility index (Phi) is 4.02. The van der Waals surface area contributed by atoms with Crippen LogP contribution in [0.15, 0.2) is 6.07 Å². The van der Waals surface area contributed by atoms with E-state index >= 15 is 0 Å². The summed E-state index contributed by atoms with van der Waals surface area (Å²) in [6.45, 7) is 3.36. The van der Waals surface area contributed by atoms with E-state index in [0.29, 0.717) is 19.5 Å². The summed E-state index contributed by atoms with van der Waals surface area (Å²) in [5, 5.41) is 0. The van der Waals surface area contributed by atoms with Crippen molar-refractivity contribution in [2.45, 2.75) is 39.0 Å². The van der Waals surface area contributed by atoms with Crippen molar-refractivity contribution >= 4 is 23.2 Å². The molecule has 2 N–H and O–H groups in total. The van der Waals surface area contributed by atoms with Crippen LogP contribution in [-0.2, 0) is 17.6 Å². The first-order valence-electron chi connectivity index (χ1n) is 7.78. The van der Waals surface area contributed by atoms with Gasteiger partial charge in [-0.15, -0.1) is 11.3 Å². The minimum atomic E-state index is -0.290. The number of carbonyl (C=O) groups excluding carboxylic acids is 2. The van der Waals surface area contributed by atoms with Gasteiger partial charge in [-0.05, 0) is 43.2 Å². The first kappa shape index (κ1) is 14.6. The van der Waals surface area contributed by atoms with Crippen LogP contribution in [0.4, 0.5) is 0 Å². The van der Waals surface area contributed by atoms with E-state index in [9.17, 15) is 9.59 Å². The average Bonchev–Trinajstić information content (AvgIpc) is 3.12. The number of primary amides is 1. The van der Waals surface area contributed by atoms with Gasteiger partial charge in [0.05, 0.1) is 10.8 Å². The molecule has 0 spiro atoms.